The van der Waals surface area contributed by atoms with Crippen molar-refractivity contribution in [1.82, 2.24) is 15.2 Å². The van der Waals surface area contributed by atoms with Crippen molar-refractivity contribution in [1.29, 1.82) is 0 Å². The smallest absolute Gasteiger partial charge is 0.245 e. The monoisotopic (exact) mass is 682 g/mol. The summed E-state index contributed by atoms with van der Waals surface area (Å²) in [7, 11) is 6.34. The molecule has 0 fully saturated rings. The maximum Gasteiger partial charge on any atom is 0.245 e. The third-order valence-corrected chi connectivity index (χ3v) is 9.75. The predicted molar refractivity (Wildman–Crippen MR) is 194 cm³/mol. The first-order valence-electron chi connectivity index (χ1n) is 17.1. The number of nitrogens with one attached hydrogen (secondary N) is 3. The second kappa shape index (κ2) is 14.3. The lowest BCUT2D eigenvalue weighted by Gasteiger charge is -2.32. The molecule has 11 nitrogen and oxygen atoms in total. The van der Waals surface area contributed by atoms with Crippen molar-refractivity contribution in [3.8, 4) is 34.1 Å². The van der Waals surface area contributed by atoms with Gasteiger partial charge < -0.3 is 39.5 Å². The van der Waals surface area contributed by atoms with Gasteiger partial charge >= 0.3 is 0 Å². The molecule has 11 heteroatoms. The molecule has 2 atom stereocenters. The first-order valence-corrected chi connectivity index (χ1v) is 17.1. The average molecular weight is 683 g/mol. The first-order chi connectivity index (χ1) is 24.1. The van der Waals surface area contributed by atoms with Gasteiger partial charge in [0, 0.05) is 54.2 Å². The van der Waals surface area contributed by atoms with Crippen molar-refractivity contribution in [2.45, 2.75) is 65.1 Å². The molecule has 264 valence electrons. The number of aryl methyl sites for hydroxylation is 1. The van der Waals surface area contributed by atoms with Crippen LogP contribution in [0.2, 0.25) is 0 Å². The van der Waals surface area contributed by atoms with Crippen molar-refractivity contribution < 1.29 is 28.5 Å². The number of carbonyl (C=O) groups excluding carboxylic acids is 2. The summed E-state index contributed by atoms with van der Waals surface area (Å²) < 4.78 is 22.8. The van der Waals surface area contributed by atoms with E-state index < -0.39 is 12.1 Å². The van der Waals surface area contributed by atoms with Gasteiger partial charge in [-0.05, 0) is 78.3 Å². The van der Waals surface area contributed by atoms with Crippen LogP contribution in [0.3, 0.4) is 0 Å². The van der Waals surface area contributed by atoms with Crippen molar-refractivity contribution in [3.63, 3.8) is 0 Å². The minimum atomic E-state index is -0.636. The van der Waals surface area contributed by atoms with Gasteiger partial charge in [0.25, 0.3) is 0 Å². The second-order valence-corrected chi connectivity index (χ2v) is 13.4. The van der Waals surface area contributed by atoms with Crippen LogP contribution in [-0.2, 0) is 29.0 Å². The fourth-order valence-corrected chi connectivity index (χ4v) is 7.44. The van der Waals surface area contributed by atoms with Gasteiger partial charge in [0.1, 0.15) is 11.8 Å². The Morgan fingerprint density at radius 2 is 1.74 bits per heavy atom. The molecule has 0 radical (unpaired) electrons. The van der Waals surface area contributed by atoms with E-state index in [1.807, 2.05) is 35.2 Å². The van der Waals surface area contributed by atoms with Crippen LogP contribution in [0.25, 0.3) is 22.0 Å². The molecule has 4 aromatic rings. The Morgan fingerprint density at radius 1 is 0.960 bits per heavy atom. The Morgan fingerprint density at radius 3 is 2.42 bits per heavy atom. The van der Waals surface area contributed by atoms with Gasteiger partial charge in [-0.15, -0.1) is 0 Å². The van der Waals surface area contributed by atoms with Crippen molar-refractivity contribution in [3.05, 3.63) is 75.1 Å². The Labute approximate surface area is 292 Å². The first kappa shape index (κ1) is 34.7. The van der Waals surface area contributed by atoms with Gasteiger partial charge in [0.05, 0.1) is 40.2 Å². The minimum absolute atomic E-state index is 0.0611. The van der Waals surface area contributed by atoms with Gasteiger partial charge in [0.15, 0.2) is 11.5 Å². The number of H-pyrrole nitrogens is 1. The second-order valence-electron chi connectivity index (χ2n) is 13.4. The zero-order chi connectivity index (χ0) is 35.7. The zero-order valence-electron chi connectivity index (χ0n) is 29.8. The lowest BCUT2D eigenvalue weighted by molar-refractivity contribution is -0.133. The summed E-state index contributed by atoms with van der Waals surface area (Å²) in [6, 6.07) is 12.0. The van der Waals surface area contributed by atoms with Crippen LogP contribution >= 0.6 is 0 Å². The Bertz CT molecular complexity index is 2000. The van der Waals surface area contributed by atoms with E-state index in [9.17, 15) is 14.4 Å². The number of ether oxygens (including phenoxy) is 4. The van der Waals surface area contributed by atoms with Crippen LogP contribution in [0.1, 0.15) is 62.0 Å². The maximum atomic E-state index is 14.3. The lowest BCUT2D eigenvalue weighted by Crippen LogP contribution is -2.46. The van der Waals surface area contributed by atoms with Gasteiger partial charge in [-0.25, -0.2) is 0 Å². The van der Waals surface area contributed by atoms with Crippen LogP contribution in [-0.4, -0.2) is 62.7 Å². The normalized spacial score (nSPS) is 15.7. The van der Waals surface area contributed by atoms with Crippen LogP contribution in [0, 0.1) is 5.92 Å². The molecule has 0 spiro atoms. The van der Waals surface area contributed by atoms with Crippen LogP contribution < -0.4 is 35.0 Å². The molecule has 0 saturated carbocycles. The van der Waals surface area contributed by atoms with Gasteiger partial charge in [-0.3, -0.25) is 14.4 Å². The fraction of sp³-hybridized carbons (Fsp3) is 0.410. The van der Waals surface area contributed by atoms with E-state index in [4.69, 9.17) is 18.9 Å². The van der Waals surface area contributed by atoms with E-state index in [0.29, 0.717) is 67.3 Å². The molecule has 2 aliphatic rings. The summed E-state index contributed by atoms with van der Waals surface area (Å²) in [6.45, 7) is 6.62. The molecule has 1 aromatic heterocycles. The van der Waals surface area contributed by atoms with Gasteiger partial charge in [0.2, 0.25) is 23.0 Å². The quantitative estimate of drug-likeness (QED) is 0.192. The van der Waals surface area contributed by atoms with E-state index >= 15 is 0 Å². The van der Waals surface area contributed by atoms with Crippen LogP contribution in [0.4, 0.5) is 5.69 Å². The van der Waals surface area contributed by atoms with Crippen LogP contribution in [0.5, 0.6) is 23.0 Å². The summed E-state index contributed by atoms with van der Waals surface area (Å²) in [6.07, 6.45) is 2.38. The highest BCUT2D eigenvalue weighted by molar-refractivity contribution is 5.89. The number of fused-ring (bicyclic) bond motifs is 6. The molecule has 1 aliphatic carbocycles. The Kier molecular flexibility index (Phi) is 9.95. The van der Waals surface area contributed by atoms with E-state index in [1.165, 1.54) is 6.92 Å². The molecule has 2 heterocycles. The van der Waals surface area contributed by atoms with E-state index in [0.717, 1.165) is 44.6 Å². The summed E-state index contributed by atoms with van der Waals surface area (Å²) in [5.41, 5.74) is 6.34. The molecule has 1 aliphatic heterocycles. The molecule has 0 bridgehead atoms. The summed E-state index contributed by atoms with van der Waals surface area (Å²) in [5, 5.41) is 7.45. The molecule has 50 heavy (non-hydrogen) atoms. The van der Waals surface area contributed by atoms with Crippen molar-refractivity contribution >= 4 is 28.4 Å². The SMILES string of the molecule is COc1ccc2[nH]c3c(c2c1)CN(C(=O)[C@@H](CC(C)C)Nc1ccc2c(cc1=O)[C@H](NC(C)=O)CCc1cc(OC)c(OC)c(OC)c1-2)CC3. The Hall–Kier alpha value is -5.19. The highest BCUT2D eigenvalue weighted by Gasteiger charge is 2.32. The molecular weight excluding hydrogens is 636 g/mol. The number of benzene rings is 2. The molecule has 0 unspecified atom stereocenters. The van der Waals surface area contributed by atoms with Gasteiger partial charge in [-0.2, -0.15) is 0 Å². The number of hydrogen-bond donors (Lipinski definition) is 3. The molecule has 6 rings (SSSR count). The lowest BCUT2D eigenvalue weighted by atomic mass is 9.95. The highest BCUT2D eigenvalue weighted by Crippen LogP contribution is 2.50. The largest absolute Gasteiger partial charge is 0.497 e. The number of aromatic nitrogens is 1. The summed E-state index contributed by atoms with van der Waals surface area (Å²) >= 11 is 0. The number of amides is 2. The number of nitrogens with zero attached hydrogens (tertiary/aromatic N) is 1. The van der Waals surface area contributed by atoms with Crippen molar-refractivity contribution in [2.75, 3.05) is 40.3 Å². The number of carbonyl (C=O) groups is 2. The van der Waals surface area contributed by atoms with E-state index in [-0.39, 0.29) is 23.2 Å². The number of anilines is 1. The predicted octanol–water partition coefficient (Wildman–Crippen LogP) is 5.76. The topological polar surface area (TPSA) is 131 Å². The number of methoxy groups -OCH3 is 4. The molecule has 2 amide bonds. The highest BCUT2D eigenvalue weighted by atomic mass is 16.5. The molecule has 0 saturated heterocycles. The zero-order valence-corrected chi connectivity index (χ0v) is 29.8. The van der Waals surface area contributed by atoms with E-state index in [2.05, 4.69) is 29.5 Å². The Balaban J connectivity index is 1.40. The average Bonchev–Trinajstić information content (AvgIpc) is 3.31. The summed E-state index contributed by atoms with van der Waals surface area (Å²) in [4.78, 5) is 46.2. The summed E-state index contributed by atoms with van der Waals surface area (Å²) in [5.74, 6) is 2.13. The number of hydrogen-bond acceptors (Lipinski definition) is 8. The minimum Gasteiger partial charge on any atom is -0.497 e. The maximum absolute atomic E-state index is 14.3. The number of aromatic amines is 1. The third kappa shape index (κ3) is 6.56. The molecule has 3 aromatic carbocycles. The standard InChI is InChI=1S/C39H46N4O7/c1-21(2)16-33(39(46)43-15-14-31-28(20-43)26-18-24(47-4)9-12-30(26)41-31)42-32-13-10-25-27(19-34(32)45)29(40-22(3)44)11-8-23-17-35(48-5)37(49-6)38(50-7)36(23)25/h9-10,12-13,17-19,21,29,33,41H,8,11,14-16,20H2,1-7H3,(H,40,44)(H,42,45)/t29-,33-/m1/s1. The van der Waals surface area contributed by atoms with Crippen LogP contribution in [0.15, 0.2) is 47.3 Å². The van der Waals surface area contributed by atoms with E-state index in [1.54, 1.807) is 40.6 Å². The third-order valence-electron chi connectivity index (χ3n) is 9.75. The van der Waals surface area contributed by atoms with Crippen molar-refractivity contribution in [2.24, 2.45) is 5.92 Å². The molecular formula is C39H46N4O7. The number of rotatable bonds is 10. The molecule has 3 N–H and O–H groups in total. The van der Waals surface area contributed by atoms with Gasteiger partial charge in [-0.1, -0.05) is 19.9 Å². The fourth-order valence-electron chi connectivity index (χ4n) is 7.44.